The molecule has 0 saturated heterocycles. The maximum Gasteiger partial charge on any atom is 0.267 e. The van der Waals surface area contributed by atoms with Crippen molar-refractivity contribution in [1.29, 1.82) is 0 Å². The van der Waals surface area contributed by atoms with Gasteiger partial charge < -0.3 is 4.74 Å². The number of halogens is 1. The van der Waals surface area contributed by atoms with E-state index in [1.54, 1.807) is 24.3 Å². The Morgan fingerprint density at radius 1 is 1.08 bits per heavy atom. The van der Waals surface area contributed by atoms with Crippen LogP contribution in [0.5, 0.6) is 0 Å². The SMILES string of the molecule is CCCCOCCCN1C(=O)C(SC(C)C)=C(c2ccc(Cl)cc2)C1=O. The number of hydrogen-bond donors (Lipinski definition) is 0. The van der Waals surface area contributed by atoms with Crippen LogP contribution in [0.4, 0.5) is 0 Å². The Bertz CT molecular complexity index is 670. The number of thioether (sulfide) groups is 1. The summed E-state index contributed by atoms with van der Waals surface area (Å²) in [5.41, 5.74) is 1.22. The highest BCUT2D eigenvalue weighted by atomic mass is 35.5. The van der Waals surface area contributed by atoms with Crippen LogP contribution in [-0.4, -0.2) is 41.7 Å². The van der Waals surface area contributed by atoms with E-state index in [-0.39, 0.29) is 17.1 Å². The Hall–Kier alpha value is -1.30. The number of carbonyl (C=O) groups is 2. The number of hydrogen-bond acceptors (Lipinski definition) is 4. The van der Waals surface area contributed by atoms with Gasteiger partial charge in [-0.05, 0) is 30.5 Å². The van der Waals surface area contributed by atoms with E-state index in [2.05, 4.69) is 6.92 Å². The zero-order valence-corrected chi connectivity index (χ0v) is 17.2. The van der Waals surface area contributed by atoms with Crippen molar-refractivity contribution >= 4 is 40.8 Å². The summed E-state index contributed by atoms with van der Waals surface area (Å²) in [5.74, 6) is -0.429. The van der Waals surface area contributed by atoms with E-state index in [1.165, 1.54) is 16.7 Å². The van der Waals surface area contributed by atoms with Crippen molar-refractivity contribution in [2.45, 2.75) is 45.3 Å². The molecule has 0 aromatic heterocycles. The molecule has 26 heavy (non-hydrogen) atoms. The zero-order valence-electron chi connectivity index (χ0n) is 15.6. The quantitative estimate of drug-likeness (QED) is 0.423. The van der Waals surface area contributed by atoms with Gasteiger partial charge in [-0.15, -0.1) is 11.8 Å². The number of amides is 2. The van der Waals surface area contributed by atoms with Gasteiger partial charge in [0.05, 0.1) is 10.5 Å². The molecule has 1 aromatic rings. The smallest absolute Gasteiger partial charge is 0.267 e. The first-order valence-electron chi connectivity index (χ1n) is 9.06. The molecule has 0 atom stereocenters. The summed E-state index contributed by atoms with van der Waals surface area (Å²) in [7, 11) is 0. The summed E-state index contributed by atoms with van der Waals surface area (Å²) >= 11 is 7.39. The minimum absolute atomic E-state index is 0.202. The molecule has 0 fully saturated rings. The molecule has 0 spiro atoms. The molecule has 0 aliphatic carbocycles. The van der Waals surface area contributed by atoms with Gasteiger partial charge in [0.25, 0.3) is 11.8 Å². The van der Waals surface area contributed by atoms with Crippen LogP contribution in [0.2, 0.25) is 5.02 Å². The van der Waals surface area contributed by atoms with E-state index in [0.29, 0.717) is 35.1 Å². The Morgan fingerprint density at radius 2 is 1.73 bits per heavy atom. The number of imide groups is 1. The number of carbonyl (C=O) groups excluding carboxylic acids is 2. The third-order valence-corrected chi connectivity index (χ3v) is 5.26. The topological polar surface area (TPSA) is 46.6 Å². The van der Waals surface area contributed by atoms with E-state index < -0.39 is 0 Å². The third-order valence-electron chi connectivity index (χ3n) is 3.92. The largest absolute Gasteiger partial charge is 0.381 e. The molecule has 1 heterocycles. The van der Waals surface area contributed by atoms with Crippen LogP contribution in [0.15, 0.2) is 29.2 Å². The van der Waals surface area contributed by atoms with Crippen LogP contribution in [0, 0.1) is 0 Å². The fourth-order valence-corrected chi connectivity index (χ4v) is 3.78. The van der Waals surface area contributed by atoms with Gasteiger partial charge in [-0.25, -0.2) is 0 Å². The molecule has 0 N–H and O–H groups in total. The number of benzene rings is 1. The normalized spacial score (nSPS) is 14.9. The molecular formula is C20H26ClNO3S. The molecular weight excluding hydrogens is 370 g/mol. The molecule has 2 rings (SSSR count). The molecule has 4 nitrogen and oxygen atoms in total. The maximum atomic E-state index is 12.9. The summed E-state index contributed by atoms with van der Waals surface area (Å²) in [6.45, 7) is 7.80. The van der Waals surface area contributed by atoms with Gasteiger partial charge in [0, 0.05) is 30.0 Å². The van der Waals surface area contributed by atoms with Crippen molar-refractivity contribution in [1.82, 2.24) is 4.90 Å². The summed E-state index contributed by atoms with van der Waals surface area (Å²) < 4.78 is 5.54. The Balaban J connectivity index is 2.12. The van der Waals surface area contributed by atoms with Crippen molar-refractivity contribution in [2.75, 3.05) is 19.8 Å². The molecule has 142 valence electrons. The average Bonchev–Trinajstić information content (AvgIpc) is 2.82. The molecule has 0 saturated carbocycles. The highest BCUT2D eigenvalue weighted by Crippen LogP contribution is 2.38. The van der Waals surface area contributed by atoms with Crippen LogP contribution < -0.4 is 0 Å². The van der Waals surface area contributed by atoms with Crippen LogP contribution in [0.1, 0.15) is 45.6 Å². The molecule has 0 radical (unpaired) electrons. The Kier molecular flexibility index (Phi) is 8.19. The van der Waals surface area contributed by atoms with Crippen molar-refractivity contribution in [3.8, 4) is 0 Å². The Labute approximate surface area is 164 Å². The number of unbranched alkanes of at least 4 members (excludes halogenated alkanes) is 1. The third kappa shape index (κ3) is 5.35. The number of ether oxygens (including phenoxy) is 1. The van der Waals surface area contributed by atoms with Gasteiger partial charge in [-0.2, -0.15) is 0 Å². The predicted molar refractivity (Wildman–Crippen MR) is 108 cm³/mol. The lowest BCUT2D eigenvalue weighted by Crippen LogP contribution is -2.33. The van der Waals surface area contributed by atoms with Gasteiger partial charge in [0.1, 0.15) is 0 Å². The minimum atomic E-state index is -0.228. The van der Waals surface area contributed by atoms with E-state index in [9.17, 15) is 9.59 Å². The van der Waals surface area contributed by atoms with Crippen molar-refractivity contribution in [2.24, 2.45) is 0 Å². The first-order valence-corrected chi connectivity index (χ1v) is 10.3. The highest BCUT2D eigenvalue weighted by molar-refractivity contribution is 8.04. The van der Waals surface area contributed by atoms with Gasteiger partial charge >= 0.3 is 0 Å². The fourth-order valence-electron chi connectivity index (χ4n) is 2.65. The lowest BCUT2D eigenvalue weighted by atomic mass is 10.1. The van der Waals surface area contributed by atoms with Gasteiger partial charge in [-0.3, -0.25) is 14.5 Å². The van der Waals surface area contributed by atoms with Crippen molar-refractivity contribution in [3.63, 3.8) is 0 Å². The molecule has 6 heteroatoms. The van der Waals surface area contributed by atoms with Gasteiger partial charge in [0.2, 0.25) is 0 Å². The first-order chi connectivity index (χ1) is 12.5. The van der Waals surface area contributed by atoms with Crippen LogP contribution in [0.25, 0.3) is 5.57 Å². The van der Waals surface area contributed by atoms with Crippen LogP contribution in [-0.2, 0) is 14.3 Å². The fraction of sp³-hybridized carbons (Fsp3) is 0.500. The summed E-state index contributed by atoms with van der Waals surface area (Å²) in [5, 5.41) is 0.812. The minimum Gasteiger partial charge on any atom is -0.381 e. The summed E-state index contributed by atoms with van der Waals surface area (Å²) in [6.07, 6.45) is 2.76. The van der Waals surface area contributed by atoms with Crippen LogP contribution >= 0.6 is 23.4 Å². The van der Waals surface area contributed by atoms with Gasteiger partial charge in [0.15, 0.2) is 0 Å². The second-order valence-electron chi connectivity index (χ2n) is 6.46. The average molecular weight is 396 g/mol. The zero-order chi connectivity index (χ0) is 19.1. The molecule has 1 aromatic carbocycles. The molecule has 1 aliphatic rings. The van der Waals surface area contributed by atoms with E-state index >= 15 is 0 Å². The second kappa shape index (κ2) is 10.1. The molecule has 2 amide bonds. The predicted octanol–water partition coefficient (Wildman–Crippen LogP) is 4.77. The summed E-state index contributed by atoms with van der Waals surface area (Å²) in [4.78, 5) is 27.6. The van der Waals surface area contributed by atoms with E-state index in [4.69, 9.17) is 16.3 Å². The monoisotopic (exact) mass is 395 g/mol. The first kappa shape index (κ1) is 21.0. The number of rotatable bonds is 10. The Morgan fingerprint density at radius 3 is 2.35 bits per heavy atom. The maximum absolute atomic E-state index is 12.9. The highest BCUT2D eigenvalue weighted by Gasteiger charge is 2.39. The van der Waals surface area contributed by atoms with Crippen LogP contribution in [0.3, 0.4) is 0 Å². The van der Waals surface area contributed by atoms with E-state index in [1.807, 2.05) is 13.8 Å². The van der Waals surface area contributed by atoms with Crippen molar-refractivity contribution in [3.05, 3.63) is 39.8 Å². The molecule has 1 aliphatic heterocycles. The van der Waals surface area contributed by atoms with E-state index in [0.717, 1.165) is 25.0 Å². The lowest BCUT2D eigenvalue weighted by Gasteiger charge is -2.15. The summed E-state index contributed by atoms with van der Waals surface area (Å²) in [6, 6.07) is 7.06. The second-order valence-corrected chi connectivity index (χ2v) is 8.48. The van der Waals surface area contributed by atoms with Crippen molar-refractivity contribution < 1.29 is 14.3 Å². The number of nitrogens with zero attached hydrogens (tertiary/aromatic N) is 1. The standard InChI is InChI=1S/C20H26ClNO3S/c1-4-5-12-25-13-6-11-22-19(23)17(15-7-9-16(21)10-8-15)18(20(22)24)26-14(2)3/h7-10,14H,4-6,11-13H2,1-3H3. The molecule has 0 bridgehead atoms. The lowest BCUT2D eigenvalue weighted by molar-refractivity contribution is -0.136. The molecule has 0 unspecified atom stereocenters. The van der Waals surface area contributed by atoms with Gasteiger partial charge in [-0.1, -0.05) is 50.9 Å².